The van der Waals surface area contributed by atoms with Crippen molar-refractivity contribution in [3.8, 4) is 0 Å². The van der Waals surface area contributed by atoms with Crippen molar-refractivity contribution in [1.82, 2.24) is 5.32 Å². The van der Waals surface area contributed by atoms with Gasteiger partial charge in [0.25, 0.3) is 0 Å². The molecule has 1 fully saturated rings. The number of carbonyl (C=O) groups excluding carboxylic acids is 3. The van der Waals surface area contributed by atoms with Gasteiger partial charge in [0.05, 0.1) is 12.3 Å². The summed E-state index contributed by atoms with van der Waals surface area (Å²) in [5, 5.41) is 2.77. The molecule has 1 amide bonds. The zero-order valence-corrected chi connectivity index (χ0v) is 10.0. The summed E-state index contributed by atoms with van der Waals surface area (Å²) in [6, 6.07) is 9.53. The molecule has 0 saturated heterocycles. The minimum absolute atomic E-state index is 0.0114. The van der Waals surface area contributed by atoms with Gasteiger partial charge in [-0.1, -0.05) is 30.3 Å². The van der Waals surface area contributed by atoms with E-state index in [2.05, 4.69) is 5.32 Å². The molecule has 0 aromatic heterocycles. The number of carbonyl (C=O) groups is 3. The maximum absolute atomic E-state index is 11.8. The molecular formula is C14H15NO3. The molecule has 4 nitrogen and oxygen atoms in total. The summed E-state index contributed by atoms with van der Waals surface area (Å²) in [4.78, 5) is 34.4. The number of hydrogen-bond acceptors (Lipinski definition) is 3. The molecule has 94 valence electrons. The third kappa shape index (κ3) is 3.26. The third-order valence-corrected chi connectivity index (χ3v) is 3.02. The molecule has 0 spiro atoms. The van der Waals surface area contributed by atoms with Crippen LogP contribution >= 0.6 is 0 Å². The Balaban J connectivity index is 1.88. The lowest BCUT2D eigenvalue weighted by Gasteiger charge is -2.19. The van der Waals surface area contributed by atoms with E-state index in [9.17, 15) is 14.4 Å². The Kier molecular flexibility index (Phi) is 3.87. The van der Waals surface area contributed by atoms with Gasteiger partial charge < -0.3 is 5.32 Å². The van der Waals surface area contributed by atoms with Crippen LogP contribution in [0.4, 0.5) is 0 Å². The highest BCUT2D eigenvalue weighted by Crippen LogP contribution is 2.19. The monoisotopic (exact) mass is 245 g/mol. The van der Waals surface area contributed by atoms with Gasteiger partial charge in [0, 0.05) is 19.4 Å². The summed E-state index contributed by atoms with van der Waals surface area (Å²) in [6.07, 6.45) is 0.362. The second kappa shape index (κ2) is 5.58. The maximum atomic E-state index is 11.8. The van der Waals surface area contributed by atoms with Crippen molar-refractivity contribution >= 4 is 17.5 Å². The predicted molar refractivity (Wildman–Crippen MR) is 65.6 cm³/mol. The van der Waals surface area contributed by atoms with Gasteiger partial charge in [-0.15, -0.1) is 0 Å². The molecule has 1 aromatic carbocycles. The van der Waals surface area contributed by atoms with E-state index in [1.54, 1.807) is 0 Å². The van der Waals surface area contributed by atoms with Crippen LogP contribution in [0.3, 0.4) is 0 Å². The fraction of sp³-hybridized carbons (Fsp3) is 0.357. The lowest BCUT2D eigenvalue weighted by atomic mass is 9.87. The van der Waals surface area contributed by atoms with E-state index >= 15 is 0 Å². The number of hydrogen-bond donors (Lipinski definition) is 1. The molecule has 0 unspecified atom stereocenters. The van der Waals surface area contributed by atoms with E-state index in [1.165, 1.54) is 0 Å². The lowest BCUT2D eigenvalue weighted by molar-refractivity contribution is -0.138. The average Bonchev–Trinajstić information content (AvgIpc) is 2.36. The Morgan fingerprint density at radius 2 is 1.72 bits per heavy atom. The first-order valence-corrected chi connectivity index (χ1v) is 6.00. The SMILES string of the molecule is O=C1CC(=O)CC(C(=O)NCc2ccccc2)C1. The standard InChI is InChI=1S/C14H15NO3/c16-12-6-11(7-13(17)8-12)14(18)15-9-10-4-2-1-3-5-10/h1-5,11H,6-9H2,(H,15,18). The highest BCUT2D eigenvalue weighted by Gasteiger charge is 2.30. The molecule has 4 heteroatoms. The van der Waals surface area contributed by atoms with Gasteiger partial charge in [0.2, 0.25) is 5.91 Å². The Bertz CT molecular complexity index is 451. The Hall–Kier alpha value is -1.97. The molecule has 0 aliphatic heterocycles. The van der Waals surface area contributed by atoms with Crippen molar-refractivity contribution in [3.63, 3.8) is 0 Å². The van der Waals surface area contributed by atoms with Gasteiger partial charge in [0.1, 0.15) is 11.6 Å². The molecule has 2 rings (SSSR count). The van der Waals surface area contributed by atoms with Crippen LogP contribution in [0, 0.1) is 5.92 Å². The zero-order valence-electron chi connectivity index (χ0n) is 10.0. The van der Waals surface area contributed by atoms with Crippen LogP contribution in [0.5, 0.6) is 0 Å². The van der Waals surface area contributed by atoms with E-state index in [0.717, 1.165) is 5.56 Å². The van der Waals surface area contributed by atoms with Crippen molar-refractivity contribution in [3.05, 3.63) is 35.9 Å². The quantitative estimate of drug-likeness (QED) is 0.815. The summed E-state index contributed by atoms with van der Waals surface area (Å²) in [5.74, 6) is -0.958. The molecule has 0 heterocycles. The molecular weight excluding hydrogens is 230 g/mol. The lowest BCUT2D eigenvalue weighted by Crippen LogP contribution is -2.36. The van der Waals surface area contributed by atoms with Gasteiger partial charge in [-0.3, -0.25) is 14.4 Å². The van der Waals surface area contributed by atoms with Gasteiger partial charge >= 0.3 is 0 Å². The molecule has 0 bridgehead atoms. The van der Waals surface area contributed by atoms with Crippen LogP contribution in [0.15, 0.2) is 30.3 Å². The fourth-order valence-electron chi connectivity index (χ4n) is 2.10. The van der Waals surface area contributed by atoms with Gasteiger partial charge in [0.15, 0.2) is 0 Å². The minimum Gasteiger partial charge on any atom is -0.352 e. The molecule has 1 saturated carbocycles. The van der Waals surface area contributed by atoms with Crippen molar-refractivity contribution < 1.29 is 14.4 Å². The number of rotatable bonds is 3. The van der Waals surface area contributed by atoms with Gasteiger partial charge in [-0.25, -0.2) is 0 Å². The van der Waals surface area contributed by atoms with E-state index in [4.69, 9.17) is 0 Å². The Morgan fingerprint density at radius 1 is 1.11 bits per heavy atom. The van der Waals surface area contributed by atoms with Crippen LogP contribution in [-0.4, -0.2) is 17.5 Å². The van der Waals surface area contributed by atoms with Crippen molar-refractivity contribution in [2.75, 3.05) is 0 Å². The van der Waals surface area contributed by atoms with Crippen LogP contribution in [0.25, 0.3) is 0 Å². The van der Waals surface area contributed by atoms with Crippen molar-refractivity contribution in [2.45, 2.75) is 25.8 Å². The second-order valence-corrected chi connectivity index (χ2v) is 4.56. The highest BCUT2D eigenvalue weighted by molar-refractivity contribution is 6.05. The first-order chi connectivity index (χ1) is 8.65. The normalized spacial score (nSPS) is 16.7. The van der Waals surface area contributed by atoms with E-state index in [-0.39, 0.29) is 36.7 Å². The van der Waals surface area contributed by atoms with E-state index in [0.29, 0.717) is 6.54 Å². The number of ketones is 2. The summed E-state index contributed by atoms with van der Waals surface area (Å²) in [7, 11) is 0. The molecule has 0 atom stereocenters. The minimum atomic E-state index is -0.484. The average molecular weight is 245 g/mol. The van der Waals surface area contributed by atoms with Crippen LogP contribution < -0.4 is 5.32 Å². The fourth-order valence-corrected chi connectivity index (χ4v) is 2.10. The largest absolute Gasteiger partial charge is 0.352 e. The topological polar surface area (TPSA) is 63.2 Å². The third-order valence-electron chi connectivity index (χ3n) is 3.02. The second-order valence-electron chi connectivity index (χ2n) is 4.56. The van der Waals surface area contributed by atoms with E-state index in [1.807, 2.05) is 30.3 Å². The van der Waals surface area contributed by atoms with Crippen molar-refractivity contribution in [2.24, 2.45) is 5.92 Å². The first kappa shape index (κ1) is 12.5. The Morgan fingerprint density at radius 3 is 2.33 bits per heavy atom. The number of benzene rings is 1. The van der Waals surface area contributed by atoms with Crippen LogP contribution in [0.2, 0.25) is 0 Å². The summed E-state index contributed by atoms with van der Waals surface area (Å²) >= 11 is 0. The smallest absolute Gasteiger partial charge is 0.224 e. The van der Waals surface area contributed by atoms with Crippen LogP contribution in [-0.2, 0) is 20.9 Å². The molecule has 1 aromatic rings. The number of amides is 1. The Labute approximate surface area is 105 Å². The molecule has 1 N–H and O–H groups in total. The summed E-state index contributed by atoms with van der Waals surface area (Å²) in [6.45, 7) is 0.429. The molecule has 0 radical (unpaired) electrons. The summed E-state index contributed by atoms with van der Waals surface area (Å²) < 4.78 is 0. The maximum Gasteiger partial charge on any atom is 0.224 e. The molecule has 1 aliphatic carbocycles. The predicted octanol–water partition coefficient (Wildman–Crippen LogP) is 1.24. The van der Waals surface area contributed by atoms with Crippen LogP contribution in [0.1, 0.15) is 24.8 Å². The highest BCUT2D eigenvalue weighted by atomic mass is 16.2. The molecule has 18 heavy (non-hydrogen) atoms. The summed E-state index contributed by atoms with van der Waals surface area (Å²) in [5.41, 5.74) is 0.999. The van der Waals surface area contributed by atoms with Gasteiger partial charge in [-0.05, 0) is 5.56 Å². The number of Topliss-reactive ketones (excluding diaryl/α,β-unsaturated/α-hetero) is 2. The van der Waals surface area contributed by atoms with Crippen molar-refractivity contribution in [1.29, 1.82) is 0 Å². The zero-order chi connectivity index (χ0) is 13.0. The molecule has 1 aliphatic rings. The van der Waals surface area contributed by atoms with Gasteiger partial charge in [-0.2, -0.15) is 0 Å². The first-order valence-electron chi connectivity index (χ1n) is 6.00. The number of nitrogens with one attached hydrogen (secondary N) is 1. The van der Waals surface area contributed by atoms with E-state index < -0.39 is 5.92 Å².